The molecule has 0 unspecified atom stereocenters. The summed E-state index contributed by atoms with van der Waals surface area (Å²) in [7, 11) is -3.88. The van der Waals surface area contributed by atoms with Crippen molar-refractivity contribution in [2.75, 3.05) is 35.4 Å². The number of alkyl halides is 3. The number of rotatable bonds is 4. The van der Waals surface area contributed by atoms with Gasteiger partial charge < -0.3 is 10.2 Å². The van der Waals surface area contributed by atoms with Gasteiger partial charge in [0, 0.05) is 30.2 Å². The number of hydrogen-bond donors (Lipinski definition) is 1. The predicted molar refractivity (Wildman–Crippen MR) is 142 cm³/mol. The van der Waals surface area contributed by atoms with Crippen molar-refractivity contribution in [2.45, 2.75) is 24.0 Å². The molecule has 5 nitrogen and oxygen atoms in total. The number of benzene rings is 3. The first-order chi connectivity index (χ1) is 17.6. The van der Waals surface area contributed by atoms with Gasteiger partial charge in [-0.2, -0.15) is 13.2 Å². The van der Waals surface area contributed by atoms with Gasteiger partial charge >= 0.3 is 6.18 Å². The Hall–Kier alpha value is -3.01. The number of nitrogens with zero attached hydrogens (tertiary/aromatic N) is 2. The molecule has 1 fully saturated rings. The summed E-state index contributed by atoms with van der Waals surface area (Å²) in [5, 5.41) is 3.31. The number of sulfonamides is 1. The molecule has 194 valence electrons. The van der Waals surface area contributed by atoms with Crippen molar-refractivity contribution in [1.29, 1.82) is 0 Å². The largest absolute Gasteiger partial charge is 0.417 e. The first kappa shape index (κ1) is 25.6. The topological polar surface area (TPSA) is 52.7 Å². The van der Waals surface area contributed by atoms with Gasteiger partial charge in [0.1, 0.15) is 0 Å². The van der Waals surface area contributed by atoms with E-state index in [1.165, 1.54) is 28.6 Å². The van der Waals surface area contributed by atoms with E-state index in [1.54, 1.807) is 30.3 Å². The van der Waals surface area contributed by atoms with Gasteiger partial charge in [-0.25, -0.2) is 8.42 Å². The summed E-state index contributed by atoms with van der Waals surface area (Å²) in [6.07, 6.45) is -1.71. The Morgan fingerprint density at radius 1 is 1.03 bits per heavy atom. The fraction of sp³-hybridized carbons (Fsp3) is 0.259. The highest BCUT2D eigenvalue weighted by Crippen LogP contribution is 2.41. The van der Waals surface area contributed by atoms with Crippen LogP contribution in [-0.4, -0.2) is 40.6 Å². The third-order valence-electron chi connectivity index (χ3n) is 6.68. The zero-order valence-corrected chi connectivity index (χ0v) is 21.5. The Labute approximate surface area is 219 Å². The highest BCUT2D eigenvalue weighted by molar-refractivity contribution is 7.92. The van der Waals surface area contributed by atoms with Crippen LogP contribution in [0.25, 0.3) is 12.2 Å². The molecule has 37 heavy (non-hydrogen) atoms. The smallest absolute Gasteiger partial charge is 0.362 e. The van der Waals surface area contributed by atoms with Crippen LogP contribution in [0.15, 0.2) is 65.6 Å². The summed E-state index contributed by atoms with van der Waals surface area (Å²) < 4.78 is 69.6. The first-order valence-electron chi connectivity index (χ1n) is 11.8. The molecule has 0 aliphatic carbocycles. The van der Waals surface area contributed by atoms with E-state index in [9.17, 15) is 21.6 Å². The summed E-state index contributed by atoms with van der Waals surface area (Å²) in [6, 6.07) is 15.7. The quantitative estimate of drug-likeness (QED) is 0.418. The zero-order chi connectivity index (χ0) is 26.4. The number of hydrogen-bond acceptors (Lipinski definition) is 4. The molecule has 2 heterocycles. The summed E-state index contributed by atoms with van der Waals surface area (Å²) >= 11 is 6.11. The maximum atomic E-state index is 13.8. The maximum absolute atomic E-state index is 13.8. The Balaban J connectivity index is 1.59. The first-order valence-corrected chi connectivity index (χ1v) is 13.6. The highest BCUT2D eigenvalue weighted by atomic mass is 35.5. The summed E-state index contributed by atoms with van der Waals surface area (Å²) in [4.78, 5) is 2.39. The fourth-order valence-corrected chi connectivity index (χ4v) is 6.73. The lowest BCUT2D eigenvalue weighted by Crippen LogP contribution is -2.59. The number of nitrogens with one attached hydrogen (secondary N) is 1. The van der Waals surface area contributed by atoms with E-state index >= 15 is 0 Å². The van der Waals surface area contributed by atoms with Crippen molar-refractivity contribution in [3.8, 4) is 0 Å². The van der Waals surface area contributed by atoms with Gasteiger partial charge in [-0.05, 0) is 54.4 Å². The van der Waals surface area contributed by atoms with Crippen molar-refractivity contribution >= 4 is 45.2 Å². The van der Waals surface area contributed by atoms with Crippen LogP contribution in [0.4, 0.5) is 24.5 Å². The van der Waals surface area contributed by atoms with Crippen LogP contribution in [-0.2, 0) is 16.2 Å². The molecule has 10 heteroatoms. The van der Waals surface area contributed by atoms with Crippen LogP contribution < -0.4 is 14.5 Å². The molecule has 5 rings (SSSR count). The molecule has 0 amide bonds. The number of piperazine rings is 1. The van der Waals surface area contributed by atoms with Crippen LogP contribution in [0, 0.1) is 6.92 Å². The van der Waals surface area contributed by atoms with Gasteiger partial charge in [0.25, 0.3) is 10.0 Å². The monoisotopic (exact) mass is 547 g/mol. The van der Waals surface area contributed by atoms with Crippen molar-refractivity contribution in [3.63, 3.8) is 0 Å². The lowest BCUT2D eigenvalue weighted by atomic mass is 10.0. The molecule has 1 atom stereocenters. The van der Waals surface area contributed by atoms with Crippen LogP contribution >= 0.6 is 11.6 Å². The second-order valence-electron chi connectivity index (χ2n) is 9.18. The molecule has 2 aliphatic heterocycles. The second-order valence-corrected chi connectivity index (χ2v) is 11.5. The molecule has 0 saturated carbocycles. The Bertz CT molecular complexity index is 1470. The van der Waals surface area contributed by atoms with Gasteiger partial charge in [-0.15, -0.1) is 0 Å². The van der Waals surface area contributed by atoms with Crippen LogP contribution in [0.2, 0.25) is 5.02 Å². The summed E-state index contributed by atoms with van der Waals surface area (Å²) in [5.41, 5.74) is 1.69. The van der Waals surface area contributed by atoms with E-state index in [4.69, 9.17) is 11.6 Å². The van der Waals surface area contributed by atoms with Gasteiger partial charge in [0.05, 0.1) is 34.4 Å². The minimum Gasteiger partial charge on any atom is -0.362 e. The van der Waals surface area contributed by atoms with Crippen LogP contribution in [0.3, 0.4) is 0 Å². The minimum absolute atomic E-state index is 0.0173. The number of halogens is 4. The van der Waals surface area contributed by atoms with Crippen molar-refractivity contribution < 1.29 is 21.6 Å². The van der Waals surface area contributed by atoms with Gasteiger partial charge in [0.15, 0.2) is 0 Å². The summed E-state index contributed by atoms with van der Waals surface area (Å²) in [5.74, 6) is 0. The Morgan fingerprint density at radius 2 is 1.81 bits per heavy atom. The molecular weight excluding hydrogens is 523 g/mol. The fourth-order valence-electron chi connectivity index (χ4n) is 4.88. The lowest BCUT2D eigenvalue weighted by Gasteiger charge is -2.46. The molecule has 1 N–H and O–H groups in total. The van der Waals surface area contributed by atoms with E-state index < -0.39 is 21.8 Å². The lowest BCUT2D eigenvalue weighted by molar-refractivity contribution is -0.137. The van der Waals surface area contributed by atoms with Crippen LogP contribution in [0.1, 0.15) is 22.3 Å². The Kier molecular flexibility index (Phi) is 6.72. The van der Waals surface area contributed by atoms with E-state index in [0.29, 0.717) is 17.8 Å². The second kappa shape index (κ2) is 9.70. The highest BCUT2D eigenvalue weighted by Gasteiger charge is 2.38. The van der Waals surface area contributed by atoms with Crippen LogP contribution in [0.5, 0.6) is 0 Å². The van der Waals surface area contributed by atoms with E-state index in [1.807, 2.05) is 19.1 Å². The third-order valence-corrected chi connectivity index (χ3v) is 8.79. The Morgan fingerprint density at radius 3 is 2.57 bits per heavy atom. The molecule has 3 aromatic carbocycles. The third kappa shape index (κ3) is 4.95. The normalized spacial score (nSPS) is 18.1. The molecule has 0 bridgehead atoms. The van der Waals surface area contributed by atoms with Gasteiger partial charge in [-0.1, -0.05) is 48.0 Å². The molecule has 3 aromatic rings. The van der Waals surface area contributed by atoms with Crippen molar-refractivity contribution in [1.82, 2.24) is 5.32 Å². The number of aryl methyl sites for hydroxylation is 1. The molecule has 0 spiro atoms. The van der Waals surface area contributed by atoms with Gasteiger partial charge in [0.2, 0.25) is 0 Å². The van der Waals surface area contributed by atoms with E-state index in [2.05, 4.69) is 10.2 Å². The summed E-state index contributed by atoms with van der Waals surface area (Å²) in [6.45, 7) is 4.23. The maximum Gasteiger partial charge on any atom is 0.417 e. The molecule has 0 aromatic heterocycles. The molecular formula is C27H25ClF3N3O2S. The SMILES string of the molecule is Cc1cccc(S(=O)(=O)N2C[C@H]3CNCCN3c3ccc(/C=C/c4c(Cl)cccc4C(F)(F)F)cc32)c1. The molecule has 1 saturated heterocycles. The van der Waals surface area contributed by atoms with Crippen molar-refractivity contribution in [3.05, 3.63) is 87.9 Å². The number of anilines is 2. The predicted octanol–water partition coefficient (Wildman–Crippen LogP) is 5.82. The number of fused-ring (bicyclic) bond motifs is 3. The zero-order valence-electron chi connectivity index (χ0n) is 20.0. The average Bonchev–Trinajstić information content (AvgIpc) is 2.86. The molecule has 2 aliphatic rings. The van der Waals surface area contributed by atoms with Gasteiger partial charge in [-0.3, -0.25) is 4.31 Å². The molecule has 0 radical (unpaired) electrons. The van der Waals surface area contributed by atoms with E-state index in [-0.39, 0.29) is 28.1 Å². The van der Waals surface area contributed by atoms with E-state index in [0.717, 1.165) is 30.4 Å². The standard InChI is InChI=1S/C27H25ClF3N3O2S/c1-18-4-2-5-21(14-18)37(35,36)34-17-20-16-32-12-13-33(20)25-11-9-19(15-26(25)34)8-10-22-23(27(29,30)31)6-3-7-24(22)28/h2-11,14-15,20,32H,12-13,16-17H2,1H3/b10-8+/t20-/m1/s1. The van der Waals surface area contributed by atoms with Crippen molar-refractivity contribution in [2.24, 2.45) is 0 Å². The average molecular weight is 548 g/mol. The minimum atomic E-state index is -4.56.